The van der Waals surface area contributed by atoms with E-state index in [0.29, 0.717) is 0 Å². The van der Waals surface area contributed by atoms with Gasteiger partial charge in [0.15, 0.2) is 0 Å². The van der Waals surface area contributed by atoms with Crippen molar-refractivity contribution in [3.63, 3.8) is 0 Å². The van der Waals surface area contributed by atoms with Gasteiger partial charge in [0.1, 0.15) is 0 Å². The molecule has 2 aromatic rings. The first-order chi connectivity index (χ1) is 11.7. The first-order valence-corrected chi connectivity index (χ1v) is 7.76. The average molecular weight is 319 g/mol. The van der Waals surface area contributed by atoms with E-state index in [0.717, 1.165) is 17.0 Å². The van der Waals surface area contributed by atoms with Gasteiger partial charge in [-0.1, -0.05) is 66.8 Å². The molecule has 0 saturated heterocycles. The fourth-order valence-electron chi connectivity index (χ4n) is 1.89. The number of rotatable bonds is 7. The van der Waals surface area contributed by atoms with Gasteiger partial charge in [0, 0.05) is 5.69 Å². The lowest BCUT2D eigenvalue weighted by Crippen LogP contribution is -2.26. The van der Waals surface area contributed by atoms with E-state index < -0.39 is 0 Å². The number of benzene rings is 2. The second-order valence-electron chi connectivity index (χ2n) is 5.14. The smallest absolute Gasteiger partial charge is 0.259 e. The molecule has 2 rings (SSSR count). The van der Waals surface area contributed by atoms with E-state index in [-0.39, 0.29) is 12.5 Å². The maximum atomic E-state index is 11.7. The van der Waals surface area contributed by atoms with Crippen LogP contribution in [-0.4, -0.2) is 18.2 Å². The second-order valence-corrected chi connectivity index (χ2v) is 5.14. The monoisotopic (exact) mass is 319 g/mol. The molecule has 0 radical (unpaired) electrons. The van der Waals surface area contributed by atoms with Gasteiger partial charge in [-0.3, -0.25) is 4.79 Å². The fraction of sp³-hybridized carbons (Fsp3) is 0.100. The average Bonchev–Trinajstić information content (AvgIpc) is 2.63. The van der Waals surface area contributed by atoms with E-state index in [4.69, 9.17) is 0 Å². The highest BCUT2D eigenvalue weighted by Gasteiger charge is 1.98. The topological polar surface area (TPSA) is 53.5 Å². The van der Waals surface area contributed by atoms with Crippen LogP contribution >= 0.6 is 0 Å². The normalized spacial score (nSPS) is 11.8. The van der Waals surface area contributed by atoms with Crippen LogP contribution in [0, 0.1) is 0 Å². The van der Waals surface area contributed by atoms with Gasteiger partial charge in [-0.05, 0) is 30.7 Å². The maximum Gasteiger partial charge on any atom is 0.259 e. The number of nitrogens with one attached hydrogen (secondary N) is 2. The molecule has 0 aliphatic rings. The lowest BCUT2D eigenvalue weighted by atomic mass is 10.2. The van der Waals surface area contributed by atoms with Crippen LogP contribution in [0.3, 0.4) is 0 Å². The number of hydrogen-bond donors (Lipinski definition) is 2. The maximum absolute atomic E-state index is 11.7. The molecule has 0 fully saturated rings. The SMILES string of the molecule is CC(/C=C/C=C/c1ccccc1)=N\NC(=O)CNc1ccccc1. The molecule has 0 bridgehead atoms. The van der Waals surface area contributed by atoms with Crippen molar-refractivity contribution in [2.75, 3.05) is 11.9 Å². The Morgan fingerprint density at radius 1 is 1.00 bits per heavy atom. The van der Waals surface area contributed by atoms with Crippen LogP contribution in [0.2, 0.25) is 0 Å². The Morgan fingerprint density at radius 2 is 1.67 bits per heavy atom. The van der Waals surface area contributed by atoms with Gasteiger partial charge in [-0.25, -0.2) is 5.43 Å². The van der Waals surface area contributed by atoms with Crippen molar-refractivity contribution < 1.29 is 4.79 Å². The summed E-state index contributed by atoms with van der Waals surface area (Å²) in [5.74, 6) is -0.188. The Kier molecular flexibility index (Phi) is 7.02. The lowest BCUT2D eigenvalue weighted by molar-refractivity contribution is -0.119. The molecule has 0 aliphatic heterocycles. The predicted octanol–water partition coefficient (Wildman–Crippen LogP) is 3.86. The predicted molar refractivity (Wildman–Crippen MR) is 101 cm³/mol. The van der Waals surface area contributed by atoms with Crippen LogP contribution in [0.15, 0.2) is 84.0 Å². The number of amides is 1. The summed E-state index contributed by atoms with van der Waals surface area (Å²) in [6.07, 6.45) is 7.67. The van der Waals surface area contributed by atoms with Crippen LogP contribution in [0.5, 0.6) is 0 Å². The summed E-state index contributed by atoms with van der Waals surface area (Å²) in [6, 6.07) is 19.6. The first kappa shape index (κ1) is 17.2. The van der Waals surface area contributed by atoms with Crippen molar-refractivity contribution in [1.29, 1.82) is 0 Å². The number of nitrogens with zero attached hydrogens (tertiary/aromatic N) is 1. The number of hydrazone groups is 1. The minimum Gasteiger partial charge on any atom is -0.376 e. The van der Waals surface area contributed by atoms with Crippen LogP contribution in [0.1, 0.15) is 12.5 Å². The zero-order chi connectivity index (χ0) is 17.0. The zero-order valence-corrected chi connectivity index (χ0v) is 13.6. The van der Waals surface area contributed by atoms with E-state index in [9.17, 15) is 4.79 Å². The highest BCUT2D eigenvalue weighted by molar-refractivity contribution is 5.94. The van der Waals surface area contributed by atoms with Gasteiger partial charge in [0.05, 0.1) is 12.3 Å². The van der Waals surface area contributed by atoms with Crippen molar-refractivity contribution in [2.45, 2.75) is 6.92 Å². The molecule has 4 heteroatoms. The molecule has 0 saturated carbocycles. The second kappa shape index (κ2) is 9.79. The highest BCUT2D eigenvalue weighted by Crippen LogP contribution is 2.03. The van der Waals surface area contributed by atoms with Crippen molar-refractivity contribution in [2.24, 2.45) is 5.10 Å². The number of anilines is 1. The van der Waals surface area contributed by atoms with Crippen molar-refractivity contribution >= 4 is 23.4 Å². The van der Waals surface area contributed by atoms with Gasteiger partial charge in [-0.15, -0.1) is 0 Å². The van der Waals surface area contributed by atoms with E-state index in [2.05, 4.69) is 15.8 Å². The Morgan fingerprint density at radius 3 is 2.38 bits per heavy atom. The summed E-state index contributed by atoms with van der Waals surface area (Å²) in [7, 11) is 0. The Bertz CT molecular complexity index is 719. The van der Waals surface area contributed by atoms with Crippen molar-refractivity contribution in [1.82, 2.24) is 5.43 Å². The van der Waals surface area contributed by atoms with Gasteiger partial charge in [0.25, 0.3) is 5.91 Å². The van der Waals surface area contributed by atoms with E-state index in [1.807, 2.05) is 91.9 Å². The number of hydrogen-bond acceptors (Lipinski definition) is 3. The number of para-hydroxylation sites is 1. The Balaban J connectivity index is 1.73. The molecule has 0 spiro atoms. The minimum atomic E-state index is -0.188. The third kappa shape index (κ3) is 6.75. The van der Waals surface area contributed by atoms with Crippen molar-refractivity contribution in [3.8, 4) is 0 Å². The molecule has 0 unspecified atom stereocenters. The summed E-state index contributed by atoms with van der Waals surface area (Å²) >= 11 is 0. The minimum absolute atomic E-state index is 0.179. The van der Waals surface area contributed by atoms with Crippen LogP contribution in [0.25, 0.3) is 6.08 Å². The van der Waals surface area contributed by atoms with Gasteiger partial charge in [-0.2, -0.15) is 5.10 Å². The van der Waals surface area contributed by atoms with Gasteiger partial charge < -0.3 is 5.32 Å². The molecular weight excluding hydrogens is 298 g/mol. The zero-order valence-electron chi connectivity index (χ0n) is 13.6. The molecule has 2 N–H and O–H groups in total. The fourth-order valence-corrected chi connectivity index (χ4v) is 1.89. The number of carbonyl (C=O) groups is 1. The van der Waals surface area contributed by atoms with Gasteiger partial charge >= 0.3 is 0 Å². The summed E-state index contributed by atoms with van der Waals surface area (Å²) in [5.41, 5.74) is 5.28. The lowest BCUT2D eigenvalue weighted by Gasteiger charge is -2.04. The molecule has 0 atom stereocenters. The molecule has 4 nitrogen and oxygen atoms in total. The molecule has 0 heterocycles. The summed E-state index contributed by atoms with van der Waals surface area (Å²) in [5, 5.41) is 7.07. The van der Waals surface area contributed by atoms with Crippen molar-refractivity contribution in [3.05, 3.63) is 84.5 Å². The summed E-state index contributed by atoms with van der Waals surface area (Å²) in [4.78, 5) is 11.7. The summed E-state index contributed by atoms with van der Waals surface area (Å²) in [6.45, 7) is 2.01. The molecule has 1 amide bonds. The van der Waals surface area contributed by atoms with Gasteiger partial charge in [0.2, 0.25) is 0 Å². The molecule has 2 aromatic carbocycles. The molecule has 0 aliphatic carbocycles. The third-order valence-corrected chi connectivity index (χ3v) is 3.12. The molecule has 24 heavy (non-hydrogen) atoms. The first-order valence-electron chi connectivity index (χ1n) is 7.76. The van der Waals surface area contributed by atoms with E-state index in [1.165, 1.54) is 0 Å². The van der Waals surface area contributed by atoms with E-state index in [1.54, 1.807) is 0 Å². The quantitative estimate of drug-likeness (QED) is 0.462. The molecular formula is C20H21N3O. The van der Waals surface area contributed by atoms with Crippen LogP contribution < -0.4 is 10.7 Å². The van der Waals surface area contributed by atoms with Crippen LogP contribution in [0.4, 0.5) is 5.69 Å². The highest BCUT2D eigenvalue weighted by atomic mass is 16.2. The van der Waals surface area contributed by atoms with E-state index >= 15 is 0 Å². The summed E-state index contributed by atoms with van der Waals surface area (Å²) < 4.78 is 0. The molecule has 122 valence electrons. The van der Waals surface area contributed by atoms with Crippen LogP contribution in [-0.2, 0) is 4.79 Å². The Labute approximate surface area is 142 Å². The third-order valence-electron chi connectivity index (χ3n) is 3.12. The number of allylic oxidation sites excluding steroid dienone is 3. The largest absolute Gasteiger partial charge is 0.376 e. The molecule has 0 aromatic heterocycles. The Hall–Kier alpha value is -3.14. The number of carbonyl (C=O) groups excluding carboxylic acids is 1. The standard InChI is InChI=1S/C20H21N3O/c1-17(10-8-9-13-18-11-4-2-5-12-18)22-23-20(24)16-21-19-14-6-3-7-15-19/h2-15,21H,16H2,1H3,(H,23,24)/b10-8+,13-9+,22-17+.